The van der Waals surface area contributed by atoms with Crippen LogP contribution in [0.25, 0.3) is 22.3 Å². The van der Waals surface area contributed by atoms with Gasteiger partial charge in [-0.2, -0.15) is 18.3 Å². The zero-order chi connectivity index (χ0) is 21.1. The third kappa shape index (κ3) is 3.08. The zero-order valence-corrected chi connectivity index (χ0v) is 15.7. The van der Waals surface area contributed by atoms with Crippen molar-refractivity contribution >= 4 is 22.8 Å². The molecule has 29 heavy (non-hydrogen) atoms. The number of hydrogen-bond acceptors (Lipinski definition) is 4. The van der Waals surface area contributed by atoms with Crippen molar-refractivity contribution in [2.24, 2.45) is 7.05 Å². The standard InChI is InChI=1S/C20H16F3N3O3/c1-9-4-5-11(6-13(9)20(21,22)23)24-19(28)17-15-7-14(27)18(29-15)16(17)12-8-26(3)25-10(12)2/h4-8,27H,1-3H3,(H,24,28). The lowest BCUT2D eigenvalue weighted by atomic mass is 9.99. The highest BCUT2D eigenvalue weighted by molar-refractivity contribution is 6.17. The van der Waals surface area contributed by atoms with E-state index in [1.165, 1.54) is 25.1 Å². The van der Waals surface area contributed by atoms with Crippen LogP contribution >= 0.6 is 0 Å². The molecule has 0 atom stereocenters. The molecule has 2 bridgehead atoms. The number of nitrogens with zero attached hydrogens (tertiary/aromatic N) is 2. The van der Waals surface area contributed by atoms with Gasteiger partial charge in [0.05, 0.1) is 16.8 Å². The van der Waals surface area contributed by atoms with Gasteiger partial charge < -0.3 is 14.8 Å². The molecule has 150 valence electrons. The minimum atomic E-state index is -4.53. The van der Waals surface area contributed by atoms with Crippen LogP contribution in [-0.4, -0.2) is 20.8 Å². The number of halogens is 3. The number of aromatic hydroxyl groups is 1. The molecule has 0 saturated carbocycles. The van der Waals surface area contributed by atoms with Gasteiger partial charge in [0, 0.05) is 36.1 Å². The number of hydrogen-bond donors (Lipinski definition) is 2. The van der Waals surface area contributed by atoms with Gasteiger partial charge >= 0.3 is 6.18 Å². The summed E-state index contributed by atoms with van der Waals surface area (Å²) in [6, 6.07) is 4.89. The molecule has 1 aromatic carbocycles. The lowest BCUT2D eigenvalue weighted by Gasteiger charge is -2.13. The second-order valence-corrected chi connectivity index (χ2v) is 6.86. The van der Waals surface area contributed by atoms with Gasteiger partial charge in [0.2, 0.25) is 0 Å². The van der Waals surface area contributed by atoms with Crippen LogP contribution in [0.1, 0.15) is 27.2 Å². The first kappa shape index (κ1) is 18.9. The number of nitrogens with one attached hydrogen (secondary N) is 1. The molecule has 4 aromatic rings. The fourth-order valence-electron chi connectivity index (χ4n) is 3.45. The molecule has 2 N–H and O–H groups in total. The van der Waals surface area contributed by atoms with Crippen molar-refractivity contribution in [1.29, 1.82) is 0 Å². The van der Waals surface area contributed by atoms with E-state index in [-0.39, 0.29) is 33.7 Å². The van der Waals surface area contributed by atoms with Crippen molar-refractivity contribution in [2.75, 3.05) is 5.32 Å². The predicted molar refractivity (Wildman–Crippen MR) is 100 cm³/mol. The van der Waals surface area contributed by atoms with E-state index in [1.54, 1.807) is 24.9 Å². The molecule has 0 saturated heterocycles. The fraction of sp³-hybridized carbons (Fsp3) is 0.200. The maximum atomic E-state index is 13.2. The molecule has 6 nitrogen and oxygen atoms in total. The first-order valence-electron chi connectivity index (χ1n) is 8.64. The largest absolute Gasteiger partial charge is 0.504 e. The van der Waals surface area contributed by atoms with Crippen LogP contribution in [0, 0.1) is 13.8 Å². The Morgan fingerprint density at radius 1 is 1.24 bits per heavy atom. The summed E-state index contributed by atoms with van der Waals surface area (Å²) in [5, 5.41) is 16.8. The van der Waals surface area contributed by atoms with Gasteiger partial charge in [-0.05, 0) is 31.5 Å². The Hall–Kier alpha value is -3.49. The summed E-state index contributed by atoms with van der Waals surface area (Å²) in [7, 11) is 1.71. The number of alkyl halides is 3. The number of phenolic OH excluding ortho intramolecular Hbond substituents is 1. The van der Waals surface area contributed by atoms with E-state index in [0.29, 0.717) is 16.8 Å². The number of anilines is 1. The van der Waals surface area contributed by atoms with E-state index in [1.807, 2.05) is 0 Å². The maximum Gasteiger partial charge on any atom is 0.416 e. The minimum Gasteiger partial charge on any atom is -0.504 e. The number of amides is 1. The van der Waals surface area contributed by atoms with Gasteiger partial charge in [0.1, 0.15) is 5.58 Å². The molecule has 9 heteroatoms. The Bertz CT molecular complexity index is 1240. The molecule has 0 unspecified atom stereocenters. The summed E-state index contributed by atoms with van der Waals surface area (Å²) in [5.74, 6) is -0.765. The number of carbonyl (C=O) groups is 1. The number of rotatable bonds is 3. The van der Waals surface area contributed by atoms with Crippen molar-refractivity contribution < 1.29 is 27.5 Å². The van der Waals surface area contributed by atoms with Crippen LogP contribution in [0.15, 0.2) is 34.9 Å². The SMILES string of the molecule is Cc1ccc(NC(=O)c2c(-c3cn(C)nc3C)c3oc2cc3O)cc1C(F)(F)F. The summed E-state index contributed by atoms with van der Waals surface area (Å²) in [5.41, 5.74) is 1.18. The number of fused-ring (bicyclic) bond motifs is 2. The number of aromatic nitrogens is 2. The quantitative estimate of drug-likeness (QED) is 0.512. The normalized spacial score (nSPS) is 12.1. The Kier molecular flexibility index (Phi) is 4.07. The third-order valence-electron chi connectivity index (χ3n) is 4.75. The van der Waals surface area contributed by atoms with Gasteiger partial charge in [-0.3, -0.25) is 9.48 Å². The second-order valence-electron chi connectivity index (χ2n) is 6.86. The smallest absolute Gasteiger partial charge is 0.416 e. The lowest BCUT2D eigenvalue weighted by molar-refractivity contribution is -0.138. The monoisotopic (exact) mass is 403 g/mol. The number of aryl methyl sites for hydroxylation is 3. The van der Waals surface area contributed by atoms with Crippen LogP contribution < -0.4 is 5.32 Å². The Labute approximate surface area is 162 Å². The summed E-state index contributed by atoms with van der Waals surface area (Å²) >= 11 is 0. The highest BCUT2D eigenvalue weighted by Crippen LogP contribution is 2.44. The summed E-state index contributed by atoms with van der Waals surface area (Å²) in [4.78, 5) is 13.0. The van der Waals surface area contributed by atoms with Crippen molar-refractivity contribution in [3.05, 3.63) is 52.8 Å². The first-order chi connectivity index (χ1) is 13.6. The zero-order valence-electron chi connectivity index (χ0n) is 15.7. The highest BCUT2D eigenvalue weighted by Gasteiger charge is 2.33. The van der Waals surface area contributed by atoms with E-state index in [4.69, 9.17) is 4.42 Å². The number of furan rings is 2. The molecule has 4 rings (SSSR count). The molecular weight excluding hydrogens is 387 g/mol. The first-order valence-corrected chi connectivity index (χ1v) is 8.64. The summed E-state index contributed by atoms with van der Waals surface area (Å²) < 4.78 is 46.6. The molecule has 0 aliphatic carbocycles. The molecular formula is C20H16F3N3O3. The molecule has 0 fully saturated rings. The van der Waals surface area contributed by atoms with E-state index in [2.05, 4.69) is 10.4 Å². The lowest BCUT2D eigenvalue weighted by Crippen LogP contribution is -2.14. The van der Waals surface area contributed by atoms with E-state index < -0.39 is 17.6 Å². The number of carbonyl (C=O) groups excluding carboxylic acids is 1. The van der Waals surface area contributed by atoms with Gasteiger partial charge in [-0.1, -0.05) is 6.07 Å². The van der Waals surface area contributed by atoms with Gasteiger partial charge in [0.15, 0.2) is 11.3 Å². The average Bonchev–Trinajstić information content (AvgIpc) is 3.26. The van der Waals surface area contributed by atoms with Crippen molar-refractivity contribution in [2.45, 2.75) is 20.0 Å². The topological polar surface area (TPSA) is 80.3 Å². The molecule has 0 aliphatic rings. The molecule has 0 aliphatic heterocycles. The van der Waals surface area contributed by atoms with Crippen molar-refractivity contribution in [1.82, 2.24) is 9.78 Å². The summed E-state index contributed by atoms with van der Waals surface area (Å²) in [6.45, 7) is 3.09. The van der Waals surface area contributed by atoms with E-state index in [9.17, 15) is 23.1 Å². The minimum absolute atomic E-state index is 0.00394. The van der Waals surface area contributed by atoms with Gasteiger partial charge in [0.25, 0.3) is 5.91 Å². The molecule has 1 amide bonds. The maximum absolute atomic E-state index is 13.2. The van der Waals surface area contributed by atoms with Crippen LogP contribution in [0.5, 0.6) is 5.75 Å². The van der Waals surface area contributed by atoms with Crippen LogP contribution in [0.4, 0.5) is 18.9 Å². The number of benzene rings is 2. The van der Waals surface area contributed by atoms with Crippen molar-refractivity contribution in [3.63, 3.8) is 0 Å². The predicted octanol–water partition coefficient (Wildman–Crippen LogP) is 4.86. The highest BCUT2D eigenvalue weighted by atomic mass is 19.4. The van der Waals surface area contributed by atoms with E-state index in [0.717, 1.165) is 6.07 Å². The van der Waals surface area contributed by atoms with Gasteiger partial charge in [-0.15, -0.1) is 0 Å². The number of phenols is 1. The fourth-order valence-corrected chi connectivity index (χ4v) is 3.45. The Morgan fingerprint density at radius 2 is 1.97 bits per heavy atom. The third-order valence-corrected chi connectivity index (χ3v) is 4.75. The average molecular weight is 403 g/mol. The van der Waals surface area contributed by atoms with Crippen LogP contribution in [-0.2, 0) is 13.2 Å². The van der Waals surface area contributed by atoms with Crippen LogP contribution in [0.2, 0.25) is 0 Å². The molecule has 0 radical (unpaired) electrons. The molecule has 3 aromatic heterocycles. The summed E-state index contributed by atoms with van der Waals surface area (Å²) in [6.07, 6.45) is -2.85. The van der Waals surface area contributed by atoms with E-state index >= 15 is 0 Å². The molecule has 0 spiro atoms. The van der Waals surface area contributed by atoms with Gasteiger partial charge in [-0.25, -0.2) is 0 Å². The Balaban J connectivity index is 1.77. The Morgan fingerprint density at radius 3 is 2.59 bits per heavy atom. The second kappa shape index (κ2) is 6.26. The molecule has 3 heterocycles. The van der Waals surface area contributed by atoms with Crippen molar-refractivity contribution in [3.8, 4) is 16.9 Å². The van der Waals surface area contributed by atoms with Crippen LogP contribution in [0.3, 0.4) is 0 Å².